The van der Waals surface area contributed by atoms with E-state index in [9.17, 15) is 9.59 Å². The zero-order valence-corrected chi connectivity index (χ0v) is 12.3. The number of carbonyl (C=O) groups excluding carboxylic acids is 2. The molecule has 6 heteroatoms. The van der Waals surface area contributed by atoms with E-state index in [0.717, 1.165) is 0 Å². The van der Waals surface area contributed by atoms with Gasteiger partial charge in [-0.2, -0.15) is 0 Å². The summed E-state index contributed by atoms with van der Waals surface area (Å²) in [6.07, 6.45) is 1.87. The van der Waals surface area contributed by atoms with Crippen molar-refractivity contribution in [1.29, 1.82) is 0 Å². The highest BCUT2D eigenvalue weighted by Crippen LogP contribution is 2.12. The molecule has 0 saturated heterocycles. The van der Waals surface area contributed by atoms with Gasteiger partial charge in [-0.1, -0.05) is 0 Å². The third-order valence-corrected chi connectivity index (χ3v) is 2.37. The van der Waals surface area contributed by atoms with Gasteiger partial charge in [0, 0.05) is 24.7 Å². The van der Waals surface area contributed by atoms with E-state index in [-0.39, 0.29) is 11.4 Å². The van der Waals surface area contributed by atoms with E-state index >= 15 is 0 Å². The molecule has 0 bridgehead atoms. The monoisotopic (exact) mass is 279 g/mol. The molecule has 1 rings (SSSR count). The molecule has 20 heavy (non-hydrogen) atoms. The fourth-order valence-corrected chi connectivity index (χ4v) is 1.60. The second kappa shape index (κ2) is 6.88. The predicted octanol–water partition coefficient (Wildman–Crippen LogP) is 1.58. The number of nitrogens with zero attached hydrogens (tertiary/aromatic N) is 1. The smallest absolute Gasteiger partial charge is 0.341 e. The zero-order chi connectivity index (χ0) is 15.2. The molecule has 0 spiro atoms. The van der Waals surface area contributed by atoms with Gasteiger partial charge in [0.25, 0.3) is 0 Å². The Morgan fingerprint density at radius 3 is 2.65 bits per heavy atom. The fraction of sp³-hybridized carbons (Fsp3) is 0.500. The minimum Gasteiger partial charge on any atom is -0.465 e. The molecular weight excluding hydrogens is 258 g/mol. The molecular formula is C14H21N3O3. The molecule has 0 aliphatic rings. The number of hydrogen-bond donors (Lipinski definition) is 2. The molecule has 0 radical (unpaired) electrons. The van der Waals surface area contributed by atoms with Crippen molar-refractivity contribution in [3.8, 4) is 0 Å². The lowest BCUT2D eigenvalue weighted by atomic mass is 10.1. The highest BCUT2D eigenvalue weighted by molar-refractivity contribution is 5.94. The van der Waals surface area contributed by atoms with Crippen molar-refractivity contribution in [3.05, 3.63) is 23.9 Å². The first-order valence-electron chi connectivity index (χ1n) is 6.41. The summed E-state index contributed by atoms with van der Waals surface area (Å²) in [6.45, 7) is 6.16. The molecule has 1 amide bonds. The number of carbonyl (C=O) groups is 2. The van der Waals surface area contributed by atoms with Crippen molar-refractivity contribution in [1.82, 2.24) is 10.3 Å². The van der Waals surface area contributed by atoms with E-state index in [0.29, 0.717) is 24.3 Å². The maximum Gasteiger partial charge on any atom is 0.341 e. The topological polar surface area (TPSA) is 80.3 Å². The Morgan fingerprint density at radius 2 is 2.05 bits per heavy atom. The molecule has 0 aromatic carbocycles. The van der Waals surface area contributed by atoms with Crippen molar-refractivity contribution >= 4 is 17.7 Å². The minimum atomic E-state index is -0.459. The van der Waals surface area contributed by atoms with Crippen LogP contribution in [0, 0.1) is 0 Å². The highest BCUT2D eigenvalue weighted by Gasteiger charge is 2.15. The Labute approximate surface area is 118 Å². The van der Waals surface area contributed by atoms with Gasteiger partial charge in [-0.15, -0.1) is 0 Å². The molecule has 0 saturated carbocycles. The Balaban J connectivity index is 2.54. The molecule has 0 aliphatic carbocycles. The number of rotatable bonds is 5. The summed E-state index contributed by atoms with van der Waals surface area (Å²) in [6, 6.07) is 3.28. The second-order valence-corrected chi connectivity index (χ2v) is 5.37. The quantitative estimate of drug-likeness (QED) is 0.800. The second-order valence-electron chi connectivity index (χ2n) is 5.37. The first-order chi connectivity index (χ1) is 9.33. The minimum absolute atomic E-state index is 0.0550. The molecule has 1 heterocycles. The average Bonchev–Trinajstić information content (AvgIpc) is 2.36. The fourth-order valence-electron chi connectivity index (χ4n) is 1.60. The summed E-state index contributed by atoms with van der Waals surface area (Å²) in [5.41, 5.74) is 0.102. The van der Waals surface area contributed by atoms with Gasteiger partial charge in [0.1, 0.15) is 11.4 Å². The van der Waals surface area contributed by atoms with Crippen LogP contribution in [0.3, 0.4) is 0 Å². The van der Waals surface area contributed by atoms with Crippen LogP contribution in [0.25, 0.3) is 0 Å². The highest BCUT2D eigenvalue weighted by atomic mass is 16.5. The van der Waals surface area contributed by atoms with Crippen LogP contribution in [0.2, 0.25) is 0 Å². The Morgan fingerprint density at radius 1 is 1.35 bits per heavy atom. The maximum absolute atomic E-state index is 11.7. The molecule has 0 fully saturated rings. The van der Waals surface area contributed by atoms with Gasteiger partial charge in [-0.3, -0.25) is 4.79 Å². The van der Waals surface area contributed by atoms with Crippen molar-refractivity contribution in [3.63, 3.8) is 0 Å². The predicted molar refractivity (Wildman–Crippen MR) is 76.6 cm³/mol. The van der Waals surface area contributed by atoms with Gasteiger partial charge < -0.3 is 15.4 Å². The molecule has 0 unspecified atom stereocenters. The van der Waals surface area contributed by atoms with Crippen LogP contribution in [0.4, 0.5) is 5.82 Å². The third kappa shape index (κ3) is 5.26. The third-order valence-electron chi connectivity index (χ3n) is 2.37. The van der Waals surface area contributed by atoms with E-state index in [1.165, 1.54) is 7.11 Å². The molecule has 6 nitrogen and oxygen atoms in total. The number of methoxy groups -OCH3 is 1. The van der Waals surface area contributed by atoms with E-state index in [1.54, 1.807) is 18.3 Å². The number of amides is 1. The van der Waals surface area contributed by atoms with E-state index in [1.807, 2.05) is 20.8 Å². The molecule has 1 aromatic rings. The van der Waals surface area contributed by atoms with Crippen LogP contribution in [-0.2, 0) is 9.53 Å². The summed E-state index contributed by atoms with van der Waals surface area (Å²) in [4.78, 5) is 27.3. The van der Waals surface area contributed by atoms with Crippen LogP contribution in [0.15, 0.2) is 18.3 Å². The Kier molecular flexibility index (Phi) is 5.49. The molecule has 1 aromatic heterocycles. The lowest BCUT2D eigenvalue weighted by molar-refractivity contribution is -0.122. The van der Waals surface area contributed by atoms with Crippen LogP contribution < -0.4 is 10.6 Å². The van der Waals surface area contributed by atoms with E-state index in [4.69, 9.17) is 0 Å². The summed E-state index contributed by atoms with van der Waals surface area (Å²) < 4.78 is 4.67. The maximum atomic E-state index is 11.7. The summed E-state index contributed by atoms with van der Waals surface area (Å²) in [5, 5.41) is 5.84. The first-order valence-corrected chi connectivity index (χ1v) is 6.41. The molecule has 110 valence electrons. The van der Waals surface area contributed by atoms with E-state index in [2.05, 4.69) is 20.4 Å². The summed E-state index contributed by atoms with van der Waals surface area (Å²) in [7, 11) is 1.32. The number of aromatic nitrogens is 1. The lowest BCUT2D eigenvalue weighted by Gasteiger charge is -2.20. The number of nitrogens with one attached hydrogen (secondary N) is 2. The van der Waals surface area contributed by atoms with Gasteiger partial charge in [0.15, 0.2) is 0 Å². The lowest BCUT2D eigenvalue weighted by Crippen LogP contribution is -2.41. The zero-order valence-electron chi connectivity index (χ0n) is 12.3. The number of ether oxygens (including phenoxy) is 1. The first kappa shape index (κ1) is 15.9. The van der Waals surface area contributed by atoms with Crippen LogP contribution in [0.5, 0.6) is 0 Å². The van der Waals surface area contributed by atoms with Crippen molar-refractivity contribution < 1.29 is 14.3 Å². The average molecular weight is 279 g/mol. The molecule has 2 N–H and O–H groups in total. The van der Waals surface area contributed by atoms with E-state index < -0.39 is 5.97 Å². The largest absolute Gasteiger partial charge is 0.465 e. The number of pyridine rings is 1. The SMILES string of the molecule is COC(=O)c1cccnc1NCCC(=O)NC(C)(C)C. The van der Waals surface area contributed by atoms with Crippen LogP contribution in [-0.4, -0.2) is 36.1 Å². The Hall–Kier alpha value is -2.11. The van der Waals surface area contributed by atoms with Gasteiger partial charge >= 0.3 is 5.97 Å². The van der Waals surface area contributed by atoms with Gasteiger partial charge in [0.05, 0.1) is 7.11 Å². The standard InChI is InChI=1S/C14H21N3O3/c1-14(2,3)17-11(18)7-9-16-12-10(13(19)20-4)6-5-8-15-12/h5-6,8H,7,9H2,1-4H3,(H,15,16)(H,17,18). The number of hydrogen-bond acceptors (Lipinski definition) is 5. The number of anilines is 1. The normalized spacial score (nSPS) is 10.8. The summed E-state index contributed by atoms with van der Waals surface area (Å²) in [5.74, 6) is -0.0943. The van der Waals surface area contributed by atoms with Crippen molar-refractivity contribution in [2.75, 3.05) is 19.0 Å². The van der Waals surface area contributed by atoms with Crippen molar-refractivity contribution in [2.24, 2.45) is 0 Å². The number of esters is 1. The summed E-state index contributed by atoms with van der Waals surface area (Å²) >= 11 is 0. The van der Waals surface area contributed by atoms with Gasteiger partial charge in [-0.25, -0.2) is 9.78 Å². The molecule has 0 aliphatic heterocycles. The Bertz CT molecular complexity index is 481. The van der Waals surface area contributed by atoms with Gasteiger partial charge in [-0.05, 0) is 32.9 Å². The van der Waals surface area contributed by atoms with Crippen molar-refractivity contribution in [2.45, 2.75) is 32.7 Å². The van der Waals surface area contributed by atoms with Gasteiger partial charge in [0.2, 0.25) is 5.91 Å². The molecule has 0 atom stereocenters. The van der Waals surface area contributed by atoms with Crippen LogP contribution in [0.1, 0.15) is 37.6 Å². The van der Waals surface area contributed by atoms with Crippen LogP contribution >= 0.6 is 0 Å².